The van der Waals surface area contributed by atoms with Crippen LogP contribution in [0.5, 0.6) is 0 Å². The van der Waals surface area contributed by atoms with Crippen LogP contribution in [0.25, 0.3) is 11.5 Å². The van der Waals surface area contributed by atoms with Crippen LogP contribution in [0.1, 0.15) is 33.1 Å². The summed E-state index contributed by atoms with van der Waals surface area (Å²) in [4.78, 5) is 9.24. The zero-order valence-electron chi connectivity index (χ0n) is 20.6. The largest absolute Gasteiger partial charge is 0.421 e. The molecule has 4 rings (SSSR count). The first-order valence-corrected chi connectivity index (χ1v) is 12.4. The summed E-state index contributed by atoms with van der Waals surface area (Å²) in [5.41, 5.74) is 2.39. The van der Waals surface area contributed by atoms with E-state index >= 15 is 0 Å². The average molecular weight is 454 g/mol. The van der Waals surface area contributed by atoms with Crippen LogP contribution in [-0.2, 0) is 11.2 Å². The molecule has 0 N–H and O–H groups in total. The Kier molecular flexibility index (Phi) is 8.28. The molecule has 7 heteroatoms. The van der Waals surface area contributed by atoms with Gasteiger partial charge in [0, 0.05) is 70.8 Å². The number of methoxy groups -OCH3 is 1. The van der Waals surface area contributed by atoms with Crippen molar-refractivity contribution in [1.82, 2.24) is 25.0 Å². The maximum absolute atomic E-state index is 6.00. The van der Waals surface area contributed by atoms with Gasteiger partial charge in [-0.3, -0.25) is 9.88 Å². The Morgan fingerprint density at radius 1 is 1.09 bits per heavy atom. The molecular weight excluding hydrogens is 414 g/mol. The molecule has 3 atom stereocenters. The fourth-order valence-electron chi connectivity index (χ4n) is 5.36. The third-order valence-electron chi connectivity index (χ3n) is 7.44. The highest BCUT2D eigenvalue weighted by Gasteiger charge is 2.34. The third kappa shape index (κ3) is 6.28. The second kappa shape index (κ2) is 11.4. The monoisotopic (exact) mass is 453 g/mol. The quantitative estimate of drug-likeness (QED) is 0.535. The summed E-state index contributed by atoms with van der Waals surface area (Å²) in [6.45, 7) is 14.7. The van der Waals surface area contributed by atoms with Gasteiger partial charge < -0.3 is 14.1 Å². The Morgan fingerprint density at radius 2 is 1.82 bits per heavy atom. The first-order valence-electron chi connectivity index (χ1n) is 12.4. The van der Waals surface area contributed by atoms with Gasteiger partial charge in [-0.15, -0.1) is 10.2 Å². The zero-order chi connectivity index (χ0) is 23.2. The molecule has 2 aromatic rings. The molecule has 0 amide bonds. The normalized spacial score (nSPS) is 24.9. The SMILES string of the molecule is COCCN1CCN(CC2C=C(C)C(Cc3nnc(-c4ccncc4)o3)CC2C(C)C)CC1. The van der Waals surface area contributed by atoms with Crippen LogP contribution in [0.2, 0.25) is 0 Å². The predicted molar refractivity (Wildman–Crippen MR) is 130 cm³/mol. The number of hydrogen-bond donors (Lipinski definition) is 0. The lowest BCUT2D eigenvalue weighted by molar-refractivity contribution is 0.0798. The van der Waals surface area contributed by atoms with Crippen LogP contribution >= 0.6 is 0 Å². The molecule has 1 saturated heterocycles. The molecule has 1 aliphatic heterocycles. The predicted octanol–water partition coefficient (Wildman–Crippen LogP) is 3.79. The minimum Gasteiger partial charge on any atom is -0.421 e. The molecule has 0 aromatic carbocycles. The summed E-state index contributed by atoms with van der Waals surface area (Å²) in [5.74, 6) is 3.71. The molecule has 2 aliphatic rings. The van der Waals surface area contributed by atoms with E-state index < -0.39 is 0 Å². The van der Waals surface area contributed by atoms with Crippen molar-refractivity contribution in [3.63, 3.8) is 0 Å². The van der Waals surface area contributed by atoms with Crippen LogP contribution in [0.3, 0.4) is 0 Å². The Bertz CT molecular complexity index is 889. The van der Waals surface area contributed by atoms with E-state index in [0.29, 0.717) is 29.6 Å². The van der Waals surface area contributed by atoms with Crippen molar-refractivity contribution in [2.24, 2.45) is 23.7 Å². The Morgan fingerprint density at radius 3 is 2.52 bits per heavy atom. The molecule has 2 aromatic heterocycles. The van der Waals surface area contributed by atoms with Crippen molar-refractivity contribution in [1.29, 1.82) is 0 Å². The molecule has 0 saturated carbocycles. The number of hydrogen-bond acceptors (Lipinski definition) is 7. The van der Waals surface area contributed by atoms with Gasteiger partial charge in [0.1, 0.15) is 0 Å². The topological polar surface area (TPSA) is 67.5 Å². The molecule has 3 heterocycles. The van der Waals surface area contributed by atoms with E-state index in [0.717, 1.165) is 63.8 Å². The minimum absolute atomic E-state index is 0.463. The number of aromatic nitrogens is 3. The van der Waals surface area contributed by atoms with E-state index in [2.05, 4.69) is 51.8 Å². The molecule has 0 bridgehead atoms. The van der Waals surface area contributed by atoms with Crippen molar-refractivity contribution in [2.45, 2.75) is 33.6 Å². The van der Waals surface area contributed by atoms with Crippen molar-refractivity contribution >= 4 is 0 Å². The maximum Gasteiger partial charge on any atom is 0.247 e. The Hall–Kier alpha value is -2.09. The first-order chi connectivity index (χ1) is 16.0. The van der Waals surface area contributed by atoms with Crippen LogP contribution in [0.15, 0.2) is 40.6 Å². The van der Waals surface area contributed by atoms with Gasteiger partial charge in [-0.05, 0) is 49.1 Å². The first kappa shape index (κ1) is 24.0. The highest BCUT2D eigenvalue weighted by Crippen LogP contribution is 2.39. The van der Waals surface area contributed by atoms with Crippen LogP contribution < -0.4 is 0 Å². The van der Waals surface area contributed by atoms with Gasteiger partial charge >= 0.3 is 0 Å². The van der Waals surface area contributed by atoms with Gasteiger partial charge in [0.05, 0.1) is 6.61 Å². The summed E-state index contributed by atoms with van der Waals surface area (Å²) in [7, 11) is 1.78. The lowest BCUT2D eigenvalue weighted by Gasteiger charge is -2.41. The Labute approximate surface area is 198 Å². The minimum atomic E-state index is 0.463. The van der Waals surface area contributed by atoms with Crippen molar-refractivity contribution in [2.75, 3.05) is 53.0 Å². The summed E-state index contributed by atoms with van der Waals surface area (Å²) in [5, 5.41) is 8.61. The molecule has 180 valence electrons. The summed E-state index contributed by atoms with van der Waals surface area (Å²) < 4.78 is 11.2. The number of piperazine rings is 1. The molecule has 3 unspecified atom stereocenters. The zero-order valence-corrected chi connectivity index (χ0v) is 20.6. The molecule has 7 nitrogen and oxygen atoms in total. The lowest BCUT2D eigenvalue weighted by atomic mass is 9.69. The fourth-order valence-corrected chi connectivity index (χ4v) is 5.36. The summed E-state index contributed by atoms with van der Waals surface area (Å²) in [6.07, 6.45) is 8.05. The smallest absolute Gasteiger partial charge is 0.247 e. The summed E-state index contributed by atoms with van der Waals surface area (Å²) in [6, 6.07) is 3.81. The van der Waals surface area contributed by atoms with Gasteiger partial charge in [-0.1, -0.05) is 25.5 Å². The highest BCUT2D eigenvalue weighted by atomic mass is 16.5. The van der Waals surface area contributed by atoms with Crippen molar-refractivity contribution in [3.8, 4) is 11.5 Å². The van der Waals surface area contributed by atoms with E-state index in [4.69, 9.17) is 9.15 Å². The van der Waals surface area contributed by atoms with E-state index in [1.54, 1.807) is 19.5 Å². The molecule has 1 aliphatic carbocycles. The molecule has 0 spiro atoms. The number of pyridine rings is 1. The van der Waals surface area contributed by atoms with E-state index in [-0.39, 0.29) is 0 Å². The number of allylic oxidation sites excluding steroid dienone is 1. The summed E-state index contributed by atoms with van der Waals surface area (Å²) >= 11 is 0. The molecule has 33 heavy (non-hydrogen) atoms. The van der Waals surface area contributed by atoms with Gasteiger partial charge in [0.2, 0.25) is 11.8 Å². The molecular formula is C26H39N5O2. The highest BCUT2D eigenvalue weighted by molar-refractivity contribution is 5.50. The lowest BCUT2D eigenvalue weighted by Crippen LogP contribution is -2.49. The van der Waals surface area contributed by atoms with E-state index in [1.165, 1.54) is 12.0 Å². The average Bonchev–Trinajstić information content (AvgIpc) is 3.29. The number of nitrogens with zero attached hydrogens (tertiary/aromatic N) is 5. The number of ether oxygens (including phenoxy) is 1. The van der Waals surface area contributed by atoms with Crippen LogP contribution in [0, 0.1) is 23.7 Å². The van der Waals surface area contributed by atoms with E-state index in [1.807, 2.05) is 12.1 Å². The van der Waals surface area contributed by atoms with Gasteiger partial charge in [0.25, 0.3) is 0 Å². The van der Waals surface area contributed by atoms with Crippen molar-refractivity contribution < 1.29 is 9.15 Å². The van der Waals surface area contributed by atoms with Crippen LogP contribution in [0.4, 0.5) is 0 Å². The standard InChI is InChI=1S/C26H39N5O2/c1-19(2)24-16-22(17-25-28-29-26(33-25)21-5-7-27-8-6-21)20(3)15-23(24)18-31-11-9-30(10-12-31)13-14-32-4/h5-8,15,19,22-24H,9-14,16-18H2,1-4H3. The van der Waals surface area contributed by atoms with Gasteiger partial charge in [0.15, 0.2) is 0 Å². The third-order valence-corrected chi connectivity index (χ3v) is 7.44. The Balaban J connectivity index is 1.37. The second-order valence-corrected chi connectivity index (χ2v) is 9.99. The molecule has 1 fully saturated rings. The number of rotatable bonds is 9. The maximum atomic E-state index is 6.00. The second-order valence-electron chi connectivity index (χ2n) is 9.99. The van der Waals surface area contributed by atoms with Gasteiger partial charge in [-0.2, -0.15) is 0 Å². The van der Waals surface area contributed by atoms with Gasteiger partial charge in [-0.25, -0.2) is 0 Å². The van der Waals surface area contributed by atoms with Crippen molar-refractivity contribution in [3.05, 3.63) is 42.1 Å². The van der Waals surface area contributed by atoms with E-state index in [9.17, 15) is 0 Å². The fraction of sp³-hybridized carbons (Fsp3) is 0.654. The molecule has 0 radical (unpaired) electrons. The van der Waals surface area contributed by atoms with Crippen LogP contribution in [-0.4, -0.2) is 78.0 Å².